The fourth-order valence-electron chi connectivity index (χ4n) is 2.39. The smallest absolute Gasteiger partial charge is 0.374 e. The molecule has 136 valence electrons. The van der Waals surface area contributed by atoms with Gasteiger partial charge in [0.25, 0.3) is 0 Å². The molecule has 0 bridgehead atoms. The molecular weight excluding hydrogens is 333 g/mol. The molecule has 0 saturated carbocycles. The Bertz CT molecular complexity index is 753. The van der Waals surface area contributed by atoms with Crippen LogP contribution in [0.1, 0.15) is 37.9 Å². The molecule has 0 aliphatic heterocycles. The summed E-state index contributed by atoms with van der Waals surface area (Å²) in [6.45, 7) is 6.83. The Kier molecular flexibility index (Phi) is 5.39. The first-order chi connectivity index (χ1) is 11.6. The number of hydrogen-bond donors (Lipinski definition) is 2. The maximum Gasteiger partial charge on any atom is 0.416 e. The third-order valence-electron chi connectivity index (χ3n) is 3.73. The highest BCUT2D eigenvalue weighted by atomic mass is 19.4. The van der Waals surface area contributed by atoms with E-state index in [-0.39, 0.29) is 23.2 Å². The maximum absolute atomic E-state index is 13.0. The molecule has 1 atom stereocenters. The predicted octanol–water partition coefficient (Wildman–Crippen LogP) is 4.23. The number of carbonyl (C=O) groups is 1. The van der Waals surface area contributed by atoms with Crippen LogP contribution >= 0.6 is 0 Å². The first-order valence-electron chi connectivity index (χ1n) is 7.88. The lowest BCUT2D eigenvalue weighted by Crippen LogP contribution is -2.32. The van der Waals surface area contributed by atoms with Crippen molar-refractivity contribution in [3.8, 4) is 0 Å². The molecule has 2 rings (SSSR count). The van der Waals surface area contributed by atoms with Gasteiger partial charge in [-0.1, -0.05) is 6.07 Å². The van der Waals surface area contributed by atoms with Gasteiger partial charge in [-0.05, 0) is 45.4 Å². The van der Waals surface area contributed by atoms with Gasteiger partial charge >= 0.3 is 6.18 Å². The zero-order valence-electron chi connectivity index (χ0n) is 14.5. The van der Waals surface area contributed by atoms with Crippen molar-refractivity contribution in [2.24, 2.45) is 0 Å². The Morgan fingerprint density at radius 2 is 1.88 bits per heavy atom. The normalized spacial score (nSPS) is 13.0. The summed E-state index contributed by atoms with van der Waals surface area (Å²) in [6, 6.07) is 4.92. The van der Waals surface area contributed by atoms with E-state index in [0.717, 1.165) is 6.07 Å². The SMILES string of the molecule is Cc1ccc(NC(C)C(=O)Nc2ccnn2C(C)C)cc1C(F)(F)F. The average molecular weight is 354 g/mol. The zero-order valence-corrected chi connectivity index (χ0v) is 14.5. The van der Waals surface area contributed by atoms with Gasteiger partial charge in [-0.3, -0.25) is 4.79 Å². The van der Waals surface area contributed by atoms with Gasteiger partial charge in [0.05, 0.1) is 11.8 Å². The number of aromatic nitrogens is 2. The van der Waals surface area contributed by atoms with Crippen molar-refractivity contribution < 1.29 is 18.0 Å². The van der Waals surface area contributed by atoms with E-state index in [9.17, 15) is 18.0 Å². The van der Waals surface area contributed by atoms with Crippen LogP contribution in [0.25, 0.3) is 0 Å². The number of carbonyl (C=O) groups excluding carboxylic acids is 1. The van der Waals surface area contributed by atoms with E-state index in [1.807, 2.05) is 13.8 Å². The monoisotopic (exact) mass is 354 g/mol. The summed E-state index contributed by atoms with van der Waals surface area (Å²) in [5, 5.41) is 9.64. The second-order valence-electron chi connectivity index (χ2n) is 6.14. The van der Waals surface area contributed by atoms with Crippen LogP contribution in [-0.2, 0) is 11.0 Å². The van der Waals surface area contributed by atoms with Crippen LogP contribution in [-0.4, -0.2) is 21.7 Å². The Morgan fingerprint density at radius 1 is 1.20 bits per heavy atom. The zero-order chi connectivity index (χ0) is 18.8. The minimum Gasteiger partial charge on any atom is -0.374 e. The molecule has 1 aromatic heterocycles. The largest absolute Gasteiger partial charge is 0.416 e. The van der Waals surface area contributed by atoms with Crippen LogP contribution in [0, 0.1) is 6.92 Å². The minimum atomic E-state index is -4.43. The summed E-state index contributed by atoms with van der Waals surface area (Å²) < 4.78 is 40.6. The van der Waals surface area contributed by atoms with Crippen LogP contribution in [0.3, 0.4) is 0 Å². The molecule has 5 nitrogen and oxygen atoms in total. The number of anilines is 2. The molecule has 2 N–H and O–H groups in total. The lowest BCUT2D eigenvalue weighted by atomic mass is 10.1. The average Bonchev–Trinajstić information content (AvgIpc) is 2.96. The highest BCUT2D eigenvalue weighted by Gasteiger charge is 2.32. The molecule has 25 heavy (non-hydrogen) atoms. The van der Waals surface area contributed by atoms with Crippen LogP contribution in [0.5, 0.6) is 0 Å². The number of amides is 1. The van der Waals surface area contributed by atoms with Gasteiger partial charge in [-0.15, -0.1) is 0 Å². The number of benzene rings is 1. The second-order valence-corrected chi connectivity index (χ2v) is 6.14. The molecule has 0 aliphatic rings. The topological polar surface area (TPSA) is 59.0 Å². The number of aryl methyl sites for hydroxylation is 1. The number of nitrogens with one attached hydrogen (secondary N) is 2. The lowest BCUT2D eigenvalue weighted by molar-refractivity contribution is -0.138. The second kappa shape index (κ2) is 7.16. The fourth-order valence-corrected chi connectivity index (χ4v) is 2.39. The Balaban J connectivity index is 2.10. The van der Waals surface area contributed by atoms with Gasteiger partial charge in [-0.25, -0.2) is 4.68 Å². The molecule has 1 heterocycles. The molecule has 8 heteroatoms. The predicted molar refractivity (Wildman–Crippen MR) is 90.5 cm³/mol. The molecule has 1 unspecified atom stereocenters. The third-order valence-corrected chi connectivity index (χ3v) is 3.73. The summed E-state index contributed by atoms with van der Waals surface area (Å²) in [4.78, 5) is 12.3. The highest BCUT2D eigenvalue weighted by molar-refractivity contribution is 5.95. The van der Waals surface area contributed by atoms with Crippen LogP contribution in [0.15, 0.2) is 30.5 Å². The van der Waals surface area contributed by atoms with Crippen molar-refractivity contribution in [1.29, 1.82) is 0 Å². The quantitative estimate of drug-likeness (QED) is 0.845. The number of rotatable bonds is 5. The van der Waals surface area contributed by atoms with Gasteiger partial charge in [0, 0.05) is 17.8 Å². The fraction of sp³-hybridized carbons (Fsp3) is 0.412. The molecule has 0 spiro atoms. The minimum absolute atomic E-state index is 0.0695. The summed E-state index contributed by atoms with van der Waals surface area (Å²) in [5.74, 6) is 0.171. The first-order valence-corrected chi connectivity index (χ1v) is 7.88. The van der Waals surface area contributed by atoms with Crippen molar-refractivity contribution >= 4 is 17.4 Å². The molecule has 0 aliphatic carbocycles. The van der Waals surface area contributed by atoms with Crippen molar-refractivity contribution in [2.45, 2.75) is 46.0 Å². The van der Waals surface area contributed by atoms with Crippen molar-refractivity contribution in [3.05, 3.63) is 41.6 Å². The van der Waals surface area contributed by atoms with E-state index >= 15 is 0 Å². The number of halogens is 3. The number of nitrogens with zero attached hydrogens (tertiary/aromatic N) is 2. The molecule has 0 fully saturated rings. The molecule has 1 amide bonds. The molecule has 2 aromatic rings. The van der Waals surface area contributed by atoms with Gasteiger partial charge < -0.3 is 10.6 Å². The van der Waals surface area contributed by atoms with Gasteiger partial charge in [0.15, 0.2) is 0 Å². The summed E-state index contributed by atoms with van der Waals surface area (Å²) >= 11 is 0. The van der Waals surface area contributed by atoms with E-state index in [1.165, 1.54) is 19.1 Å². The lowest BCUT2D eigenvalue weighted by Gasteiger charge is -2.18. The Morgan fingerprint density at radius 3 is 2.48 bits per heavy atom. The van der Waals surface area contributed by atoms with E-state index in [1.54, 1.807) is 23.9 Å². The van der Waals surface area contributed by atoms with E-state index < -0.39 is 17.8 Å². The van der Waals surface area contributed by atoms with Crippen LogP contribution in [0.4, 0.5) is 24.7 Å². The van der Waals surface area contributed by atoms with E-state index in [4.69, 9.17) is 0 Å². The van der Waals surface area contributed by atoms with Crippen LogP contribution < -0.4 is 10.6 Å². The third kappa shape index (κ3) is 4.52. The maximum atomic E-state index is 13.0. The highest BCUT2D eigenvalue weighted by Crippen LogP contribution is 2.33. The van der Waals surface area contributed by atoms with E-state index in [2.05, 4.69) is 15.7 Å². The van der Waals surface area contributed by atoms with Gasteiger partial charge in [0.1, 0.15) is 11.9 Å². The van der Waals surface area contributed by atoms with Crippen molar-refractivity contribution in [2.75, 3.05) is 10.6 Å². The number of hydrogen-bond acceptors (Lipinski definition) is 3. The van der Waals surface area contributed by atoms with Crippen LogP contribution in [0.2, 0.25) is 0 Å². The number of alkyl halides is 3. The summed E-state index contributed by atoms with van der Waals surface area (Å²) in [5.41, 5.74) is -0.350. The van der Waals surface area contributed by atoms with Gasteiger partial charge in [0.2, 0.25) is 5.91 Å². The van der Waals surface area contributed by atoms with E-state index in [0.29, 0.717) is 5.82 Å². The standard InChI is InChI=1S/C17H21F3N4O/c1-10(2)24-15(7-8-21-24)23-16(25)12(4)22-13-6-5-11(3)14(9-13)17(18,19)20/h5-10,12,22H,1-4H3,(H,23,25). The first kappa shape index (κ1) is 18.8. The van der Waals surface area contributed by atoms with Crippen molar-refractivity contribution in [1.82, 2.24) is 9.78 Å². The summed E-state index contributed by atoms with van der Waals surface area (Å²) in [7, 11) is 0. The Labute approximate surface area is 144 Å². The Hall–Kier alpha value is -2.51. The molecular formula is C17H21F3N4O. The molecule has 0 saturated heterocycles. The van der Waals surface area contributed by atoms with Crippen molar-refractivity contribution in [3.63, 3.8) is 0 Å². The summed E-state index contributed by atoms with van der Waals surface area (Å²) in [6.07, 6.45) is -2.86. The molecule has 1 aromatic carbocycles. The molecule has 0 radical (unpaired) electrons. The van der Waals surface area contributed by atoms with Gasteiger partial charge in [-0.2, -0.15) is 18.3 Å².